The Morgan fingerprint density at radius 3 is 2.56 bits per heavy atom. The molecule has 27 heavy (non-hydrogen) atoms. The van der Waals surface area contributed by atoms with Crippen LogP contribution in [0.15, 0.2) is 42.5 Å². The fourth-order valence-electron chi connectivity index (χ4n) is 3.53. The van der Waals surface area contributed by atoms with Gasteiger partial charge in [0.25, 0.3) is 0 Å². The molecule has 142 valence electrons. The summed E-state index contributed by atoms with van der Waals surface area (Å²) in [7, 11) is 3.09. The van der Waals surface area contributed by atoms with Crippen LogP contribution in [-0.4, -0.2) is 38.6 Å². The summed E-state index contributed by atoms with van der Waals surface area (Å²) >= 11 is 0. The second-order valence-electron chi connectivity index (χ2n) is 6.59. The summed E-state index contributed by atoms with van der Waals surface area (Å²) in [4.78, 5) is 28.7. The zero-order valence-corrected chi connectivity index (χ0v) is 16.1. The quantitative estimate of drug-likeness (QED) is 0.814. The predicted molar refractivity (Wildman–Crippen MR) is 105 cm³/mol. The first-order valence-electron chi connectivity index (χ1n) is 8.86. The predicted octanol–water partition coefficient (Wildman–Crippen LogP) is 3.03. The van der Waals surface area contributed by atoms with Crippen LogP contribution in [0.3, 0.4) is 0 Å². The van der Waals surface area contributed by atoms with Crippen molar-refractivity contribution in [3.8, 4) is 11.5 Å². The van der Waals surface area contributed by atoms with Crippen LogP contribution in [0.2, 0.25) is 0 Å². The third kappa shape index (κ3) is 3.60. The minimum Gasteiger partial charge on any atom is -0.497 e. The van der Waals surface area contributed by atoms with Gasteiger partial charge in [0, 0.05) is 24.7 Å². The number of benzene rings is 2. The Morgan fingerprint density at radius 1 is 1.15 bits per heavy atom. The van der Waals surface area contributed by atoms with E-state index in [0.717, 1.165) is 17.7 Å². The summed E-state index contributed by atoms with van der Waals surface area (Å²) in [5, 5.41) is 0. The molecule has 0 N–H and O–H groups in total. The zero-order valence-electron chi connectivity index (χ0n) is 16.1. The van der Waals surface area contributed by atoms with E-state index in [1.165, 1.54) is 18.9 Å². The Balaban J connectivity index is 1.92. The Kier molecular flexibility index (Phi) is 5.35. The molecular weight excluding hydrogens is 344 g/mol. The fourth-order valence-corrected chi connectivity index (χ4v) is 3.53. The summed E-state index contributed by atoms with van der Waals surface area (Å²) in [6, 6.07) is 13.1. The van der Waals surface area contributed by atoms with Crippen LogP contribution < -0.4 is 19.3 Å². The summed E-state index contributed by atoms with van der Waals surface area (Å²) in [5.74, 6) is 0.723. The summed E-state index contributed by atoms with van der Waals surface area (Å²) in [5.41, 5.74) is 2.57. The first kappa shape index (κ1) is 18.8. The lowest BCUT2D eigenvalue weighted by molar-refractivity contribution is -0.121. The zero-order chi connectivity index (χ0) is 19.6. The van der Waals surface area contributed by atoms with E-state index >= 15 is 0 Å². The van der Waals surface area contributed by atoms with Crippen molar-refractivity contribution in [2.24, 2.45) is 0 Å². The van der Waals surface area contributed by atoms with Crippen molar-refractivity contribution in [2.45, 2.75) is 26.3 Å². The van der Waals surface area contributed by atoms with Gasteiger partial charge >= 0.3 is 0 Å². The van der Waals surface area contributed by atoms with Gasteiger partial charge in [0.1, 0.15) is 18.0 Å². The van der Waals surface area contributed by atoms with Gasteiger partial charge in [0.05, 0.1) is 19.9 Å². The number of hydrogen-bond donors (Lipinski definition) is 0. The number of carbonyl (C=O) groups excluding carboxylic acids is 2. The van der Waals surface area contributed by atoms with Crippen molar-refractivity contribution in [3.05, 3.63) is 48.0 Å². The van der Waals surface area contributed by atoms with E-state index in [4.69, 9.17) is 9.47 Å². The molecule has 2 amide bonds. The molecule has 0 radical (unpaired) electrons. The van der Waals surface area contributed by atoms with Crippen molar-refractivity contribution in [3.63, 3.8) is 0 Å². The molecule has 0 saturated carbocycles. The number of rotatable bonds is 5. The van der Waals surface area contributed by atoms with Crippen molar-refractivity contribution >= 4 is 23.2 Å². The monoisotopic (exact) mass is 368 g/mol. The first-order chi connectivity index (χ1) is 13.0. The molecule has 0 aromatic heterocycles. The van der Waals surface area contributed by atoms with Gasteiger partial charge in [-0.15, -0.1) is 0 Å². The van der Waals surface area contributed by atoms with Gasteiger partial charge in [0.15, 0.2) is 0 Å². The molecular formula is C21H24N2O4. The number of ether oxygens (including phenoxy) is 2. The number of carbonyl (C=O) groups is 2. The van der Waals surface area contributed by atoms with Crippen LogP contribution in [0.25, 0.3) is 0 Å². The number of hydrogen-bond acceptors (Lipinski definition) is 4. The summed E-state index contributed by atoms with van der Waals surface area (Å²) < 4.78 is 10.6. The van der Waals surface area contributed by atoms with E-state index in [0.29, 0.717) is 17.2 Å². The van der Waals surface area contributed by atoms with Gasteiger partial charge in [-0.05, 0) is 37.1 Å². The average Bonchev–Trinajstić information content (AvgIpc) is 3.00. The maximum absolute atomic E-state index is 13.1. The molecule has 0 spiro atoms. The second-order valence-corrected chi connectivity index (χ2v) is 6.59. The molecule has 1 aliphatic heterocycles. The van der Waals surface area contributed by atoms with E-state index in [2.05, 4.69) is 0 Å². The molecule has 2 aromatic carbocycles. The van der Waals surface area contributed by atoms with Crippen LogP contribution >= 0.6 is 0 Å². The first-order valence-corrected chi connectivity index (χ1v) is 8.86. The third-order valence-corrected chi connectivity index (χ3v) is 4.83. The SMILES string of the molecule is COc1ccc(OC)c(N(CC(=O)N2c3ccccc3CC2C)C(C)=O)c1. The third-order valence-electron chi connectivity index (χ3n) is 4.83. The number of amides is 2. The van der Waals surface area contributed by atoms with Crippen molar-refractivity contribution in [1.82, 2.24) is 0 Å². The van der Waals surface area contributed by atoms with Crippen molar-refractivity contribution in [1.29, 1.82) is 0 Å². The molecule has 2 aromatic rings. The highest BCUT2D eigenvalue weighted by molar-refractivity contribution is 6.05. The molecule has 1 unspecified atom stereocenters. The van der Waals surface area contributed by atoms with Crippen molar-refractivity contribution in [2.75, 3.05) is 30.6 Å². The van der Waals surface area contributed by atoms with Crippen LogP contribution in [0.4, 0.5) is 11.4 Å². The highest BCUT2D eigenvalue weighted by Crippen LogP contribution is 2.34. The van der Waals surface area contributed by atoms with Crippen LogP contribution in [-0.2, 0) is 16.0 Å². The van der Waals surface area contributed by atoms with Gasteiger partial charge in [-0.1, -0.05) is 18.2 Å². The minimum atomic E-state index is -0.241. The lowest BCUT2D eigenvalue weighted by atomic mass is 10.1. The maximum Gasteiger partial charge on any atom is 0.247 e. The molecule has 3 rings (SSSR count). The highest BCUT2D eigenvalue weighted by Gasteiger charge is 2.32. The van der Waals surface area contributed by atoms with E-state index < -0.39 is 0 Å². The topological polar surface area (TPSA) is 59.1 Å². The molecule has 1 atom stereocenters. The molecule has 1 heterocycles. The number of anilines is 2. The highest BCUT2D eigenvalue weighted by atomic mass is 16.5. The number of fused-ring (bicyclic) bond motifs is 1. The summed E-state index contributed by atoms with van der Waals surface area (Å²) in [6.07, 6.45) is 0.810. The molecule has 0 aliphatic carbocycles. The van der Waals surface area contributed by atoms with Gasteiger partial charge in [-0.3, -0.25) is 14.5 Å². The van der Waals surface area contributed by atoms with E-state index in [1.54, 1.807) is 30.2 Å². The lowest BCUT2D eigenvalue weighted by Gasteiger charge is -2.28. The molecule has 0 saturated heterocycles. The second kappa shape index (κ2) is 7.70. The Hall–Kier alpha value is -3.02. The number of methoxy groups -OCH3 is 2. The molecule has 0 fully saturated rings. The Labute approximate surface area is 159 Å². The van der Waals surface area contributed by atoms with Crippen LogP contribution in [0.1, 0.15) is 19.4 Å². The van der Waals surface area contributed by atoms with Crippen molar-refractivity contribution < 1.29 is 19.1 Å². The van der Waals surface area contributed by atoms with Gasteiger partial charge in [0.2, 0.25) is 11.8 Å². The van der Waals surface area contributed by atoms with Crippen LogP contribution in [0.5, 0.6) is 11.5 Å². The van der Waals surface area contributed by atoms with Crippen LogP contribution in [0, 0.1) is 0 Å². The van der Waals surface area contributed by atoms with E-state index in [9.17, 15) is 9.59 Å². The summed E-state index contributed by atoms with van der Waals surface area (Å²) in [6.45, 7) is 3.38. The Bertz CT molecular complexity index is 865. The van der Waals surface area contributed by atoms with Gasteiger partial charge in [-0.2, -0.15) is 0 Å². The lowest BCUT2D eigenvalue weighted by Crippen LogP contribution is -2.44. The fraction of sp³-hybridized carbons (Fsp3) is 0.333. The maximum atomic E-state index is 13.1. The molecule has 6 nitrogen and oxygen atoms in total. The van der Waals surface area contributed by atoms with E-state index in [1.807, 2.05) is 31.2 Å². The minimum absolute atomic E-state index is 0.0518. The standard InChI is InChI=1S/C21H24N2O4/c1-14-11-16-7-5-6-8-18(16)23(14)21(25)13-22(15(2)24)19-12-17(26-3)9-10-20(19)27-4/h5-10,12,14H,11,13H2,1-4H3. The smallest absolute Gasteiger partial charge is 0.247 e. The Morgan fingerprint density at radius 2 is 1.89 bits per heavy atom. The van der Waals surface area contributed by atoms with E-state index in [-0.39, 0.29) is 24.4 Å². The normalized spacial score (nSPS) is 15.3. The number of nitrogens with zero attached hydrogens (tertiary/aromatic N) is 2. The molecule has 6 heteroatoms. The van der Waals surface area contributed by atoms with Gasteiger partial charge in [-0.25, -0.2) is 0 Å². The van der Waals surface area contributed by atoms with Gasteiger partial charge < -0.3 is 14.4 Å². The average molecular weight is 368 g/mol. The number of para-hydroxylation sites is 1. The molecule has 1 aliphatic rings. The molecule has 0 bridgehead atoms. The largest absolute Gasteiger partial charge is 0.497 e.